The lowest BCUT2D eigenvalue weighted by Crippen LogP contribution is -2.48. The first kappa shape index (κ1) is 20.3. The van der Waals surface area contributed by atoms with Gasteiger partial charge in [-0.3, -0.25) is 14.5 Å². The van der Waals surface area contributed by atoms with Gasteiger partial charge in [-0.2, -0.15) is 0 Å². The zero-order valence-electron chi connectivity index (χ0n) is 16.5. The van der Waals surface area contributed by atoms with Gasteiger partial charge in [0, 0.05) is 12.6 Å². The molecule has 0 bridgehead atoms. The van der Waals surface area contributed by atoms with Gasteiger partial charge in [-0.05, 0) is 43.9 Å². The van der Waals surface area contributed by atoms with Crippen molar-refractivity contribution in [3.63, 3.8) is 0 Å². The van der Waals surface area contributed by atoms with E-state index in [1.807, 2.05) is 6.92 Å². The topological polar surface area (TPSA) is 69.7 Å². The summed E-state index contributed by atoms with van der Waals surface area (Å²) in [5.74, 6) is -1.08. The number of carbonyl (C=O) groups excluding carboxylic acids is 3. The van der Waals surface area contributed by atoms with Gasteiger partial charge in [0.1, 0.15) is 17.9 Å². The SMILES string of the molecule is CCN(C(=O)CN1C(=O)NC(CC)(c2ccc(F)cc2)C1=O)C1CCCCC1. The van der Waals surface area contributed by atoms with Crippen LogP contribution in [0.3, 0.4) is 0 Å². The van der Waals surface area contributed by atoms with Crippen molar-refractivity contribution in [3.8, 4) is 0 Å². The highest BCUT2D eigenvalue weighted by Gasteiger charge is 2.52. The molecule has 1 N–H and O–H groups in total. The van der Waals surface area contributed by atoms with Crippen LogP contribution in [0.25, 0.3) is 0 Å². The molecule has 0 aromatic heterocycles. The quantitative estimate of drug-likeness (QED) is 0.760. The number of imide groups is 1. The van der Waals surface area contributed by atoms with E-state index in [0.29, 0.717) is 18.5 Å². The number of benzene rings is 1. The summed E-state index contributed by atoms with van der Waals surface area (Å²) >= 11 is 0. The summed E-state index contributed by atoms with van der Waals surface area (Å²) in [5, 5.41) is 2.74. The average molecular weight is 389 g/mol. The second-order valence-corrected chi connectivity index (χ2v) is 7.56. The maximum absolute atomic E-state index is 13.3. The Balaban J connectivity index is 1.78. The normalized spacial score (nSPS) is 23.0. The molecule has 7 heteroatoms. The zero-order valence-corrected chi connectivity index (χ0v) is 16.5. The van der Waals surface area contributed by atoms with Gasteiger partial charge in [0.15, 0.2) is 0 Å². The van der Waals surface area contributed by atoms with Crippen molar-refractivity contribution in [2.75, 3.05) is 13.1 Å². The Hall–Kier alpha value is -2.44. The van der Waals surface area contributed by atoms with Gasteiger partial charge in [0.25, 0.3) is 5.91 Å². The number of amides is 4. The molecule has 4 amide bonds. The Morgan fingerprint density at radius 1 is 1.18 bits per heavy atom. The molecule has 1 atom stereocenters. The molecular formula is C21H28FN3O3. The molecule has 2 fully saturated rings. The monoisotopic (exact) mass is 389 g/mol. The second kappa shape index (κ2) is 8.29. The predicted octanol–water partition coefficient (Wildman–Crippen LogP) is 3.16. The maximum Gasteiger partial charge on any atom is 0.325 e. The lowest BCUT2D eigenvalue weighted by atomic mass is 9.87. The summed E-state index contributed by atoms with van der Waals surface area (Å²) in [4.78, 5) is 41.4. The van der Waals surface area contributed by atoms with E-state index in [0.717, 1.165) is 30.6 Å². The summed E-state index contributed by atoms with van der Waals surface area (Å²) in [5.41, 5.74) is -0.739. The Morgan fingerprint density at radius 3 is 2.39 bits per heavy atom. The number of nitrogens with one attached hydrogen (secondary N) is 1. The number of hydrogen-bond donors (Lipinski definition) is 1. The second-order valence-electron chi connectivity index (χ2n) is 7.56. The highest BCUT2D eigenvalue weighted by atomic mass is 19.1. The van der Waals surface area contributed by atoms with Crippen molar-refractivity contribution < 1.29 is 18.8 Å². The van der Waals surface area contributed by atoms with Gasteiger partial charge >= 0.3 is 6.03 Å². The Morgan fingerprint density at radius 2 is 1.82 bits per heavy atom. The van der Waals surface area contributed by atoms with Crippen molar-refractivity contribution in [1.82, 2.24) is 15.1 Å². The van der Waals surface area contributed by atoms with Gasteiger partial charge in [-0.25, -0.2) is 9.18 Å². The van der Waals surface area contributed by atoms with Crippen LogP contribution >= 0.6 is 0 Å². The number of halogens is 1. The molecule has 152 valence electrons. The number of hydrogen-bond acceptors (Lipinski definition) is 3. The lowest BCUT2D eigenvalue weighted by Gasteiger charge is -2.34. The number of nitrogens with zero attached hydrogens (tertiary/aromatic N) is 2. The predicted molar refractivity (Wildman–Crippen MR) is 103 cm³/mol. The van der Waals surface area contributed by atoms with E-state index >= 15 is 0 Å². The van der Waals surface area contributed by atoms with Crippen LogP contribution in [0.1, 0.15) is 57.9 Å². The zero-order chi connectivity index (χ0) is 20.3. The lowest BCUT2D eigenvalue weighted by molar-refractivity contribution is -0.140. The van der Waals surface area contributed by atoms with Crippen LogP contribution in [0.4, 0.5) is 9.18 Å². The summed E-state index contributed by atoms with van der Waals surface area (Å²) in [6.07, 6.45) is 5.63. The van der Waals surface area contributed by atoms with Crippen LogP contribution in [0.15, 0.2) is 24.3 Å². The van der Waals surface area contributed by atoms with E-state index in [1.165, 1.54) is 30.7 Å². The molecule has 1 heterocycles. The molecule has 1 aromatic carbocycles. The van der Waals surface area contributed by atoms with E-state index in [1.54, 1.807) is 11.8 Å². The van der Waals surface area contributed by atoms with Crippen molar-refractivity contribution in [3.05, 3.63) is 35.6 Å². The molecule has 3 rings (SSSR count). The van der Waals surface area contributed by atoms with Gasteiger partial charge in [-0.15, -0.1) is 0 Å². The highest BCUT2D eigenvalue weighted by Crippen LogP contribution is 2.33. The van der Waals surface area contributed by atoms with Gasteiger partial charge in [0.2, 0.25) is 5.91 Å². The number of carbonyl (C=O) groups is 3. The highest BCUT2D eigenvalue weighted by molar-refractivity contribution is 6.09. The van der Waals surface area contributed by atoms with E-state index in [-0.39, 0.29) is 18.5 Å². The third-order valence-corrected chi connectivity index (χ3v) is 6.01. The molecule has 6 nitrogen and oxygen atoms in total. The number of likely N-dealkylation sites (N-methyl/N-ethyl adjacent to an activating group) is 1. The molecule has 2 aliphatic rings. The molecule has 0 radical (unpaired) electrons. The van der Waals surface area contributed by atoms with Crippen molar-refractivity contribution in [2.24, 2.45) is 0 Å². The van der Waals surface area contributed by atoms with Gasteiger partial charge < -0.3 is 10.2 Å². The minimum Gasteiger partial charge on any atom is -0.338 e. The molecule has 1 aliphatic carbocycles. The summed E-state index contributed by atoms with van der Waals surface area (Å²) in [7, 11) is 0. The first-order valence-corrected chi connectivity index (χ1v) is 10.1. The average Bonchev–Trinajstić information content (AvgIpc) is 2.95. The van der Waals surface area contributed by atoms with E-state index in [2.05, 4.69) is 5.32 Å². The fourth-order valence-corrected chi connectivity index (χ4v) is 4.40. The van der Waals surface area contributed by atoms with Crippen molar-refractivity contribution in [1.29, 1.82) is 0 Å². The third-order valence-electron chi connectivity index (χ3n) is 6.01. The molecular weight excluding hydrogens is 361 g/mol. The largest absolute Gasteiger partial charge is 0.338 e. The molecule has 0 spiro atoms. The molecule has 1 unspecified atom stereocenters. The molecule has 28 heavy (non-hydrogen) atoms. The number of rotatable bonds is 6. The molecule has 1 aliphatic heterocycles. The third kappa shape index (κ3) is 3.62. The summed E-state index contributed by atoms with van der Waals surface area (Å²) in [6, 6.07) is 5.14. The number of urea groups is 1. The molecule has 1 aromatic rings. The fraction of sp³-hybridized carbons (Fsp3) is 0.571. The van der Waals surface area contributed by atoms with Crippen LogP contribution < -0.4 is 5.32 Å². The standard InChI is InChI=1S/C21H28FN3O3/c1-3-21(15-10-12-16(22)13-11-15)19(27)25(20(28)23-21)14-18(26)24(4-2)17-8-6-5-7-9-17/h10-13,17H,3-9,14H2,1-2H3,(H,23,28). The Kier molecular flexibility index (Phi) is 6.01. The first-order valence-electron chi connectivity index (χ1n) is 10.1. The smallest absolute Gasteiger partial charge is 0.325 e. The van der Waals surface area contributed by atoms with Crippen LogP contribution in [-0.4, -0.2) is 46.8 Å². The summed E-state index contributed by atoms with van der Waals surface area (Å²) < 4.78 is 13.3. The van der Waals surface area contributed by atoms with Crippen molar-refractivity contribution in [2.45, 2.75) is 64.0 Å². The minimum atomic E-state index is -1.26. The fourth-order valence-electron chi connectivity index (χ4n) is 4.40. The Bertz CT molecular complexity index is 746. The Labute approximate surface area is 165 Å². The first-order chi connectivity index (χ1) is 13.4. The van der Waals surface area contributed by atoms with E-state index < -0.39 is 23.3 Å². The van der Waals surface area contributed by atoms with E-state index in [4.69, 9.17) is 0 Å². The molecule has 1 saturated carbocycles. The van der Waals surface area contributed by atoms with Crippen LogP contribution in [0.2, 0.25) is 0 Å². The molecule has 1 saturated heterocycles. The van der Waals surface area contributed by atoms with E-state index in [9.17, 15) is 18.8 Å². The van der Waals surface area contributed by atoms with Crippen molar-refractivity contribution >= 4 is 17.8 Å². The van der Waals surface area contributed by atoms with Crippen LogP contribution in [0, 0.1) is 5.82 Å². The summed E-state index contributed by atoms with van der Waals surface area (Å²) in [6.45, 7) is 4.00. The minimum absolute atomic E-state index is 0.181. The van der Waals surface area contributed by atoms with Crippen LogP contribution in [0.5, 0.6) is 0 Å². The van der Waals surface area contributed by atoms with Gasteiger partial charge in [0.05, 0.1) is 0 Å². The van der Waals surface area contributed by atoms with Gasteiger partial charge in [-0.1, -0.05) is 38.3 Å². The maximum atomic E-state index is 13.3. The van der Waals surface area contributed by atoms with Crippen LogP contribution in [-0.2, 0) is 15.1 Å².